The van der Waals surface area contributed by atoms with E-state index in [0.29, 0.717) is 0 Å². The van der Waals surface area contributed by atoms with E-state index >= 15 is 0 Å². The number of hydrogen-bond donors (Lipinski definition) is 0. The molecule has 0 bridgehead atoms. The van der Waals surface area contributed by atoms with Gasteiger partial charge >= 0.3 is 0 Å². The molecule has 0 aliphatic carbocycles. The third-order valence-corrected chi connectivity index (χ3v) is 5.65. The molecule has 0 N–H and O–H groups in total. The van der Waals surface area contributed by atoms with Crippen molar-refractivity contribution in [3.8, 4) is 11.1 Å². The average Bonchev–Trinajstić information content (AvgIpc) is 3.21. The Labute approximate surface area is 303 Å². The molecule has 0 amide bonds. The van der Waals surface area contributed by atoms with Crippen LogP contribution >= 0.6 is 0 Å². The normalized spacial score (nSPS) is 7.58. The van der Waals surface area contributed by atoms with Crippen LogP contribution in [0.15, 0.2) is 121 Å². The molecule has 272 valence electrons. The van der Waals surface area contributed by atoms with Gasteiger partial charge < -0.3 is 0 Å². The van der Waals surface area contributed by atoms with Crippen LogP contribution in [-0.4, -0.2) is 0 Å². The summed E-state index contributed by atoms with van der Waals surface area (Å²) in [4.78, 5) is 0. The lowest BCUT2D eigenvalue weighted by molar-refractivity contribution is 1.24. The second kappa shape index (κ2) is 47.8. The topological polar surface area (TPSA) is 0 Å². The molecule has 0 aromatic heterocycles. The summed E-state index contributed by atoms with van der Waals surface area (Å²) in [6.45, 7) is 40.6. The van der Waals surface area contributed by atoms with Crippen LogP contribution in [0, 0.1) is 27.7 Å². The van der Waals surface area contributed by atoms with Crippen molar-refractivity contribution in [1.82, 2.24) is 0 Å². The third-order valence-electron chi connectivity index (χ3n) is 5.65. The minimum absolute atomic E-state index is 1.28. The fraction of sp³-hybridized carbons (Fsp3) is 0.417. The van der Waals surface area contributed by atoms with Crippen molar-refractivity contribution >= 4 is 10.8 Å². The van der Waals surface area contributed by atoms with Crippen molar-refractivity contribution in [2.45, 2.75) is 138 Å². The highest BCUT2D eigenvalue weighted by molar-refractivity contribution is 5.82. The summed E-state index contributed by atoms with van der Waals surface area (Å²) in [5.41, 5.74) is 8.12. The predicted molar refractivity (Wildman–Crippen MR) is 232 cm³/mol. The highest BCUT2D eigenvalue weighted by Crippen LogP contribution is 2.17. The third kappa shape index (κ3) is 28.6. The summed E-state index contributed by atoms with van der Waals surface area (Å²) in [5.74, 6) is 0. The van der Waals surface area contributed by atoms with E-state index in [-0.39, 0.29) is 0 Å². The molecule has 0 saturated heterocycles. The first-order valence-electron chi connectivity index (χ1n) is 19.1. The SMILES string of the molecule is CC.CC.CC.CC.CC.CC.CC.CC.Cc1cc(C)c(C)cc1C.c1ccc(-c2ccccc2)cc1.c1ccc2ccccc2c1. The average molecular weight is 657 g/mol. The minimum atomic E-state index is 1.28. The largest absolute Gasteiger partial charge is 0.0683 e. The van der Waals surface area contributed by atoms with Crippen molar-refractivity contribution in [2.75, 3.05) is 0 Å². The molecule has 0 spiro atoms. The van der Waals surface area contributed by atoms with Crippen molar-refractivity contribution in [3.05, 3.63) is 144 Å². The zero-order chi connectivity index (χ0) is 38.8. The Bertz CT molecular complexity index is 1080. The molecule has 5 aromatic carbocycles. The molecule has 0 heterocycles. The Balaban J connectivity index is -0.000000114. The second-order valence-corrected chi connectivity index (χ2v) is 8.10. The number of fused-ring (bicyclic) bond motifs is 1. The highest BCUT2D eigenvalue weighted by Gasteiger charge is 1.95. The minimum Gasteiger partial charge on any atom is -0.0683 e. The van der Waals surface area contributed by atoms with Crippen LogP contribution in [-0.2, 0) is 0 Å². The Morgan fingerprint density at radius 1 is 0.229 bits per heavy atom. The first-order valence-corrected chi connectivity index (χ1v) is 19.1. The summed E-state index contributed by atoms with van der Waals surface area (Å²) in [5, 5.41) is 2.62. The van der Waals surface area contributed by atoms with Gasteiger partial charge in [0.1, 0.15) is 0 Å². The van der Waals surface area contributed by atoms with Crippen LogP contribution in [0.1, 0.15) is 133 Å². The molecule has 5 aromatic rings. The molecule has 48 heavy (non-hydrogen) atoms. The maximum absolute atomic E-state index is 2.24. The van der Waals surface area contributed by atoms with Gasteiger partial charge in [-0.2, -0.15) is 0 Å². The molecular formula is C48H80. The first-order chi connectivity index (χ1) is 23.5. The number of aryl methyl sites for hydroxylation is 4. The van der Waals surface area contributed by atoms with Crippen molar-refractivity contribution in [2.24, 2.45) is 0 Å². The van der Waals surface area contributed by atoms with Crippen molar-refractivity contribution in [3.63, 3.8) is 0 Å². The molecule has 0 saturated carbocycles. The van der Waals surface area contributed by atoms with Gasteiger partial charge in [-0.05, 0) is 71.8 Å². The van der Waals surface area contributed by atoms with E-state index in [1.807, 2.05) is 123 Å². The number of benzene rings is 5. The predicted octanol–water partition coefficient (Wildman–Crippen LogP) is 17.3. The quantitative estimate of drug-likeness (QED) is 0.168. The summed E-state index contributed by atoms with van der Waals surface area (Å²) in [6.07, 6.45) is 0. The second-order valence-electron chi connectivity index (χ2n) is 8.10. The van der Waals surface area contributed by atoms with Gasteiger partial charge in [0.2, 0.25) is 0 Å². The lowest BCUT2D eigenvalue weighted by atomic mass is 10.0. The van der Waals surface area contributed by atoms with Crippen LogP contribution in [0.4, 0.5) is 0 Å². The van der Waals surface area contributed by atoms with Crippen LogP contribution in [0.5, 0.6) is 0 Å². The Kier molecular flexibility index (Phi) is 56.4. The maximum atomic E-state index is 2.24. The fourth-order valence-electron chi connectivity index (χ4n) is 3.50. The zero-order valence-electron chi connectivity index (χ0n) is 35.5. The van der Waals surface area contributed by atoms with Gasteiger partial charge in [-0.15, -0.1) is 0 Å². The molecule has 0 radical (unpaired) electrons. The van der Waals surface area contributed by atoms with E-state index in [1.54, 1.807) is 0 Å². The van der Waals surface area contributed by atoms with E-state index in [0.717, 1.165) is 0 Å². The monoisotopic (exact) mass is 657 g/mol. The van der Waals surface area contributed by atoms with Gasteiger partial charge in [0, 0.05) is 0 Å². The maximum Gasteiger partial charge on any atom is -0.0184 e. The molecule has 0 aliphatic rings. The lowest BCUT2D eigenvalue weighted by Gasteiger charge is -2.04. The lowest BCUT2D eigenvalue weighted by Crippen LogP contribution is -1.86. The van der Waals surface area contributed by atoms with E-state index in [4.69, 9.17) is 0 Å². The van der Waals surface area contributed by atoms with E-state index < -0.39 is 0 Å². The van der Waals surface area contributed by atoms with Crippen LogP contribution in [0.3, 0.4) is 0 Å². The van der Waals surface area contributed by atoms with Crippen molar-refractivity contribution in [1.29, 1.82) is 0 Å². The molecule has 0 atom stereocenters. The molecule has 0 fully saturated rings. The van der Waals surface area contributed by atoms with Gasteiger partial charge in [-0.25, -0.2) is 0 Å². The smallest absolute Gasteiger partial charge is 0.0184 e. The molecule has 0 unspecified atom stereocenters. The first kappa shape index (κ1) is 56.7. The molecule has 0 heteroatoms. The molecule has 0 nitrogen and oxygen atoms in total. The zero-order valence-corrected chi connectivity index (χ0v) is 35.5. The van der Waals surface area contributed by atoms with Crippen LogP contribution in [0.25, 0.3) is 21.9 Å². The Morgan fingerprint density at radius 3 is 0.583 bits per heavy atom. The number of rotatable bonds is 1. The van der Waals surface area contributed by atoms with Gasteiger partial charge in [-0.3, -0.25) is 0 Å². The van der Waals surface area contributed by atoms with Gasteiger partial charge in [0.25, 0.3) is 0 Å². The van der Waals surface area contributed by atoms with E-state index in [1.165, 1.54) is 44.2 Å². The van der Waals surface area contributed by atoms with Crippen LogP contribution < -0.4 is 0 Å². The van der Waals surface area contributed by atoms with Crippen LogP contribution in [0.2, 0.25) is 0 Å². The van der Waals surface area contributed by atoms with Gasteiger partial charge in [0.15, 0.2) is 0 Å². The Hall–Kier alpha value is -3.64. The van der Waals surface area contributed by atoms with Gasteiger partial charge in [0.05, 0.1) is 0 Å². The van der Waals surface area contributed by atoms with Crippen molar-refractivity contribution < 1.29 is 0 Å². The Morgan fingerprint density at radius 2 is 0.396 bits per heavy atom. The molecule has 5 rings (SSSR count). The van der Waals surface area contributed by atoms with Gasteiger partial charge in [-0.1, -0.05) is 232 Å². The standard InChI is InChI=1S/C12H10.C10H8.C10H14.8C2H6/c1-3-7-11(8-4-1)12-9-5-2-6-10-12;1-2-6-10-8-4-3-7-9(10)5-1;1-7-5-9(3)10(4)6-8(7)2;8*1-2/h1-10H;1-8H;5-6H,1-4H3;8*1-2H3. The summed E-state index contributed by atoms with van der Waals surface area (Å²) in [7, 11) is 0. The molecular weight excluding hydrogens is 577 g/mol. The number of hydrogen-bond acceptors (Lipinski definition) is 0. The van der Waals surface area contributed by atoms with E-state index in [9.17, 15) is 0 Å². The molecule has 0 aliphatic heterocycles. The summed E-state index contributed by atoms with van der Waals surface area (Å²) >= 11 is 0. The summed E-state index contributed by atoms with van der Waals surface area (Å²) < 4.78 is 0. The fourth-order valence-corrected chi connectivity index (χ4v) is 3.50. The highest BCUT2D eigenvalue weighted by atomic mass is 14.0. The van der Waals surface area contributed by atoms with E-state index in [2.05, 4.69) is 137 Å². The summed E-state index contributed by atoms with van der Waals surface area (Å²) in [6, 6.07) is 42.0.